The van der Waals surface area contributed by atoms with Crippen LogP contribution in [-0.2, 0) is 10.0 Å². The molecule has 0 saturated heterocycles. The molecule has 0 radical (unpaired) electrons. The summed E-state index contributed by atoms with van der Waals surface area (Å²) in [7, 11) is -2.67. The number of sulfonamides is 1. The van der Waals surface area contributed by atoms with Crippen LogP contribution in [0.4, 0.5) is 15.8 Å². The van der Waals surface area contributed by atoms with Gasteiger partial charge in [0.05, 0.1) is 17.7 Å². The molecule has 3 N–H and O–H groups in total. The van der Waals surface area contributed by atoms with Crippen molar-refractivity contribution in [2.24, 2.45) is 0 Å². The van der Waals surface area contributed by atoms with Gasteiger partial charge >= 0.3 is 0 Å². The zero-order valence-electron chi connectivity index (χ0n) is 15.0. The molecular weight excluding hydrogens is 403 g/mol. The fraction of sp³-hybridized carbons (Fsp3) is 0.0556. The molecule has 0 fully saturated rings. The molecule has 1 amide bonds. The van der Waals surface area contributed by atoms with Crippen molar-refractivity contribution in [1.29, 1.82) is 0 Å². The number of rotatable bonds is 6. The molecule has 0 saturated carbocycles. The van der Waals surface area contributed by atoms with Gasteiger partial charge in [0, 0.05) is 11.8 Å². The third-order valence-corrected chi connectivity index (χ3v) is 5.12. The van der Waals surface area contributed by atoms with Crippen LogP contribution in [0.3, 0.4) is 0 Å². The van der Waals surface area contributed by atoms with Crippen molar-refractivity contribution >= 4 is 27.3 Å². The van der Waals surface area contributed by atoms with E-state index in [2.05, 4.69) is 20.2 Å². The minimum atomic E-state index is -4.03. The SMILES string of the molecule is COc1ccc(NC(=O)c2ccc(=O)[nH]n2)cc1NS(=O)(=O)c1ccc(F)cc1. The molecular formula is C18H15FN4O5S. The van der Waals surface area contributed by atoms with Gasteiger partial charge < -0.3 is 10.1 Å². The summed E-state index contributed by atoms with van der Waals surface area (Å²) >= 11 is 0. The van der Waals surface area contributed by atoms with Crippen LogP contribution >= 0.6 is 0 Å². The Morgan fingerprint density at radius 1 is 1.10 bits per heavy atom. The number of nitrogens with zero attached hydrogens (tertiary/aromatic N) is 1. The molecule has 0 spiro atoms. The van der Waals surface area contributed by atoms with Gasteiger partial charge in [-0.15, -0.1) is 0 Å². The molecule has 2 aromatic carbocycles. The molecule has 9 nitrogen and oxygen atoms in total. The zero-order valence-corrected chi connectivity index (χ0v) is 15.8. The summed E-state index contributed by atoms with van der Waals surface area (Å²) in [4.78, 5) is 23.1. The first kappa shape index (κ1) is 20.0. The molecule has 0 aliphatic carbocycles. The van der Waals surface area contributed by atoms with Crippen LogP contribution in [0.25, 0.3) is 0 Å². The summed E-state index contributed by atoms with van der Waals surface area (Å²) in [6.45, 7) is 0. The molecule has 0 aliphatic rings. The van der Waals surface area contributed by atoms with Gasteiger partial charge in [-0.2, -0.15) is 5.10 Å². The highest BCUT2D eigenvalue weighted by atomic mass is 32.2. The smallest absolute Gasteiger partial charge is 0.276 e. The predicted molar refractivity (Wildman–Crippen MR) is 103 cm³/mol. The first-order valence-electron chi connectivity index (χ1n) is 8.12. The molecule has 3 aromatic rings. The number of halogens is 1. The lowest BCUT2D eigenvalue weighted by molar-refractivity contribution is 0.102. The lowest BCUT2D eigenvalue weighted by atomic mass is 10.2. The highest BCUT2D eigenvalue weighted by Crippen LogP contribution is 2.30. The Hall–Kier alpha value is -3.73. The number of carbonyl (C=O) groups excluding carboxylic acids is 1. The van der Waals surface area contributed by atoms with Crippen molar-refractivity contribution in [2.75, 3.05) is 17.1 Å². The van der Waals surface area contributed by atoms with Crippen molar-refractivity contribution in [3.8, 4) is 5.75 Å². The number of carbonyl (C=O) groups is 1. The third kappa shape index (κ3) is 4.76. The Bertz CT molecular complexity index is 1190. The second-order valence-electron chi connectivity index (χ2n) is 5.74. The Balaban J connectivity index is 1.87. The van der Waals surface area contributed by atoms with Gasteiger partial charge in [0.15, 0.2) is 0 Å². The first-order valence-corrected chi connectivity index (χ1v) is 9.60. The van der Waals surface area contributed by atoms with E-state index < -0.39 is 27.3 Å². The summed E-state index contributed by atoms with van der Waals surface area (Å²) in [5.41, 5.74) is -0.179. The molecule has 150 valence electrons. The highest BCUT2D eigenvalue weighted by Gasteiger charge is 2.18. The van der Waals surface area contributed by atoms with E-state index in [4.69, 9.17) is 4.74 Å². The number of aromatic nitrogens is 2. The van der Waals surface area contributed by atoms with Crippen molar-refractivity contribution in [2.45, 2.75) is 4.90 Å². The third-order valence-electron chi connectivity index (χ3n) is 3.74. The molecule has 0 unspecified atom stereocenters. The maximum atomic E-state index is 13.1. The number of benzene rings is 2. The van der Waals surface area contributed by atoms with Crippen LogP contribution in [0.15, 0.2) is 64.3 Å². The number of aromatic amines is 1. The van der Waals surface area contributed by atoms with Gasteiger partial charge in [-0.1, -0.05) is 0 Å². The van der Waals surface area contributed by atoms with Gasteiger partial charge in [-0.05, 0) is 48.5 Å². The number of methoxy groups -OCH3 is 1. The topological polar surface area (TPSA) is 130 Å². The van der Waals surface area contributed by atoms with E-state index in [1.165, 1.54) is 31.4 Å². The molecule has 0 bridgehead atoms. The lowest BCUT2D eigenvalue weighted by Gasteiger charge is -2.14. The number of nitrogens with one attached hydrogen (secondary N) is 3. The quantitative estimate of drug-likeness (QED) is 0.561. The molecule has 29 heavy (non-hydrogen) atoms. The molecule has 0 aliphatic heterocycles. The van der Waals surface area contributed by atoms with Crippen LogP contribution in [0.2, 0.25) is 0 Å². The molecule has 1 aromatic heterocycles. The van der Waals surface area contributed by atoms with Crippen LogP contribution < -0.4 is 20.3 Å². The van der Waals surface area contributed by atoms with Crippen LogP contribution in [-0.4, -0.2) is 31.6 Å². The van der Waals surface area contributed by atoms with Gasteiger partial charge in [0.25, 0.3) is 21.5 Å². The average Bonchev–Trinajstić information content (AvgIpc) is 2.69. The molecule has 1 heterocycles. The van der Waals surface area contributed by atoms with Crippen LogP contribution in [0, 0.1) is 5.82 Å². The van der Waals surface area contributed by atoms with E-state index in [-0.39, 0.29) is 27.7 Å². The van der Waals surface area contributed by atoms with Gasteiger partial charge in [-0.25, -0.2) is 17.9 Å². The summed E-state index contributed by atoms with van der Waals surface area (Å²) in [5, 5.41) is 8.30. The minimum Gasteiger partial charge on any atom is -0.495 e. The van der Waals surface area contributed by atoms with Crippen LogP contribution in [0.5, 0.6) is 5.75 Å². The van der Waals surface area contributed by atoms with Crippen molar-refractivity contribution < 1.29 is 22.3 Å². The number of hydrogen-bond donors (Lipinski definition) is 3. The van der Waals surface area contributed by atoms with Crippen molar-refractivity contribution in [3.05, 3.63) is 76.5 Å². The average molecular weight is 418 g/mol. The Morgan fingerprint density at radius 3 is 2.45 bits per heavy atom. The normalized spacial score (nSPS) is 11.0. The molecule has 3 rings (SSSR count). The second-order valence-corrected chi connectivity index (χ2v) is 7.42. The zero-order chi connectivity index (χ0) is 21.0. The highest BCUT2D eigenvalue weighted by molar-refractivity contribution is 7.92. The Kier molecular flexibility index (Phi) is 5.59. The standard InChI is InChI=1S/C18H15FN4O5S/c1-28-16-8-4-12(20-18(25)14-7-9-17(24)22-21-14)10-15(16)23-29(26,27)13-5-2-11(19)3-6-13/h2-10,23H,1H3,(H,20,25)(H,22,24). The maximum absolute atomic E-state index is 13.1. The van der Waals surface area contributed by atoms with E-state index in [0.29, 0.717) is 0 Å². The van der Waals surface area contributed by atoms with Crippen LogP contribution in [0.1, 0.15) is 10.5 Å². The number of ether oxygens (including phenoxy) is 1. The first-order chi connectivity index (χ1) is 13.8. The fourth-order valence-corrected chi connectivity index (χ4v) is 3.41. The monoisotopic (exact) mass is 418 g/mol. The van der Waals surface area contributed by atoms with E-state index in [0.717, 1.165) is 30.3 Å². The maximum Gasteiger partial charge on any atom is 0.276 e. The molecule has 11 heteroatoms. The summed E-state index contributed by atoms with van der Waals surface area (Å²) < 4.78 is 45.6. The number of amides is 1. The van der Waals surface area contributed by atoms with E-state index in [9.17, 15) is 22.4 Å². The lowest BCUT2D eigenvalue weighted by Crippen LogP contribution is -2.18. The molecule has 0 atom stereocenters. The van der Waals surface area contributed by atoms with Gasteiger partial charge in [0.1, 0.15) is 17.3 Å². The fourth-order valence-electron chi connectivity index (χ4n) is 2.35. The van der Waals surface area contributed by atoms with E-state index in [1.54, 1.807) is 0 Å². The number of anilines is 2. The summed E-state index contributed by atoms with van der Waals surface area (Å²) in [6.07, 6.45) is 0. The van der Waals surface area contributed by atoms with Crippen molar-refractivity contribution in [1.82, 2.24) is 10.2 Å². The largest absolute Gasteiger partial charge is 0.495 e. The Morgan fingerprint density at radius 2 is 1.83 bits per heavy atom. The Labute approximate surface area is 164 Å². The van der Waals surface area contributed by atoms with E-state index >= 15 is 0 Å². The van der Waals surface area contributed by atoms with Gasteiger partial charge in [0.2, 0.25) is 0 Å². The second kappa shape index (κ2) is 8.10. The number of H-pyrrole nitrogens is 1. The van der Waals surface area contributed by atoms with E-state index in [1.807, 2.05) is 0 Å². The summed E-state index contributed by atoms with van der Waals surface area (Å²) in [5.74, 6) is -0.975. The predicted octanol–water partition coefficient (Wildman–Crippen LogP) is 1.97. The minimum absolute atomic E-state index is 0.0335. The van der Waals surface area contributed by atoms with Gasteiger partial charge in [-0.3, -0.25) is 14.3 Å². The van der Waals surface area contributed by atoms with Crippen molar-refractivity contribution in [3.63, 3.8) is 0 Å². The number of hydrogen-bond acceptors (Lipinski definition) is 6. The summed E-state index contributed by atoms with van der Waals surface area (Å²) in [6, 6.07) is 11.0.